The van der Waals surface area contributed by atoms with E-state index in [2.05, 4.69) is 22.2 Å². The molecule has 0 saturated carbocycles. The van der Waals surface area contributed by atoms with E-state index in [0.717, 1.165) is 16.0 Å². The Morgan fingerprint density at radius 3 is 2.32 bits per heavy atom. The third kappa shape index (κ3) is 4.95. The van der Waals surface area contributed by atoms with Gasteiger partial charge < -0.3 is 4.74 Å². The maximum atomic E-state index is 11.6. The Hall–Kier alpha value is -1.49. The summed E-state index contributed by atoms with van der Waals surface area (Å²) in [7, 11) is 0. The summed E-state index contributed by atoms with van der Waals surface area (Å²) in [6, 6.07) is 4.16. The lowest BCUT2D eigenvalue weighted by Gasteiger charge is -2.10. The highest BCUT2D eigenvalue weighted by atomic mass is 32.2. The van der Waals surface area contributed by atoms with Gasteiger partial charge in [0.1, 0.15) is 0 Å². The first-order valence-corrected chi connectivity index (χ1v) is 7.09. The fourth-order valence-corrected chi connectivity index (χ4v) is 2.77. The lowest BCUT2D eigenvalue weighted by atomic mass is 10.1. The predicted molar refractivity (Wildman–Crippen MR) is 76.5 cm³/mol. The average molecular weight is 281 g/mol. The molecule has 0 fully saturated rings. The first-order chi connectivity index (χ1) is 8.93. The molecule has 5 heteroatoms. The van der Waals surface area contributed by atoms with E-state index in [1.807, 2.05) is 20.8 Å². The quantitative estimate of drug-likeness (QED) is 0.862. The molecule has 2 amide bonds. The molecule has 1 N–H and O–H groups in total. The van der Waals surface area contributed by atoms with Crippen LogP contribution in [0.15, 0.2) is 17.0 Å². The second-order valence-electron chi connectivity index (χ2n) is 4.29. The molecule has 0 saturated heterocycles. The molecule has 0 radical (unpaired) electrons. The predicted octanol–water partition coefficient (Wildman–Crippen LogP) is 2.98. The van der Waals surface area contributed by atoms with Crippen LogP contribution in [-0.4, -0.2) is 24.4 Å². The number of benzene rings is 1. The fraction of sp³-hybridized carbons (Fsp3) is 0.429. The number of imide groups is 1. The van der Waals surface area contributed by atoms with Gasteiger partial charge >= 0.3 is 6.09 Å². The zero-order chi connectivity index (χ0) is 14.4. The van der Waals surface area contributed by atoms with Crippen LogP contribution in [0.2, 0.25) is 0 Å². The number of hydrogen-bond donors (Lipinski definition) is 1. The second kappa shape index (κ2) is 7.19. The first-order valence-electron chi connectivity index (χ1n) is 6.11. The van der Waals surface area contributed by atoms with E-state index in [-0.39, 0.29) is 18.3 Å². The third-order valence-electron chi connectivity index (χ3n) is 2.47. The van der Waals surface area contributed by atoms with Crippen molar-refractivity contribution in [2.24, 2.45) is 0 Å². The van der Waals surface area contributed by atoms with Gasteiger partial charge in [-0.05, 0) is 38.8 Å². The van der Waals surface area contributed by atoms with Gasteiger partial charge in [-0.25, -0.2) is 4.79 Å². The van der Waals surface area contributed by atoms with Crippen molar-refractivity contribution in [3.8, 4) is 0 Å². The number of thioether (sulfide) groups is 1. The van der Waals surface area contributed by atoms with Gasteiger partial charge in [0.05, 0.1) is 12.4 Å². The molecular formula is C14H19NO3S. The van der Waals surface area contributed by atoms with E-state index in [0.29, 0.717) is 0 Å². The molecule has 1 aromatic carbocycles. The van der Waals surface area contributed by atoms with E-state index in [1.165, 1.54) is 17.3 Å². The second-order valence-corrected chi connectivity index (χ2v) is 5.27. The molecule has 0 unspecified atom stereocenters. The van der Waals surface area contributed by atoms with Crippen molar-refractivity contribution in [3.63, 3.8) is 0 Å². The first kappa shape index (κ1) is 15.6. The zero-order valence-corrected chi connectivity index (χ0v) is 12.5. The molecule has 0 bridgehead atoms. The number of rotatable bonds is 4. The number of alkyl carbamates (subject to hydrolysis) is 1. The molecule has 1 rings (SSSR count). The molecule has 1 aromatic rings. The molecule has 104 valence electrons. The molecule has 0 aliphatic rings. The summed E-state index contributed by atoms with van der Waals surface area (Å²) >= 11 is 1.43. The van der Waals surface area contributed by atoms with Crippen molar-refractivity contribution in [3.05, 3.63) is 28.8 Å². The van der Waals surface area contributed by atoms with Gasteiger partial charge in [-0.1, -0.05) is 17.7 Å². The Bertz CT molecular complexity index is 463. The molecule has 0 spiro atoms. The van der Waals surface area contributed by atoms with E-state index in [1.54, 1.807) is 6.92 Å². The minimum absolute atomic E-state index is 0.198. The van der Waals surface area contributed by atoms with Crippen LogP contribution >= 0.6 is 11.8 Å². The van der Waals surface area contributed by atoms with E-state index >= 15 is 0 Å². The molecular weight excluding hydrogens is 262 g/mol. The van der Waals surface area contributed by atoms with Crippen LogP contribution in [0, 0.1) is 20.8 Å². The van der Waals surface area contributed by atoms with Crippen LogP contribution in [0.25, 0.3) is 0 Å². The molecule has 0 aliphatic heterocycles. The summed E-state index contributed by atoms with van der Waals surface area (Å²) in [6.07, 6.45) is -0.689. The number of carbonyl (C=O) groups is 2. The number of nitrogens with one attached hydrogen (secondary N) is 1. The Morgan fingerprint density at radius 2 is 1.79 bits per heavy atom. The molecule has 0 aromatic heterocycles. The van der Waals surface area contributed by atoms with E-state index in [4.69, 9.17) is 0 Å². The van der Waals surface area contributed by atoms with Crippen LogP contribution in [0.1, 0.15) is 23.6 Å². The minimum Gasteiger partial charge on any atom is -0.450 e. The van der Waals surface area contributed by atoms with Crippen LogP contribution < -0.4 is 5.32 Å². The van der Waals surface area contributed by atoms with Crippen LogP contribution in [0.5, 0.6) is 0 Å². The number of hydrogen-bond acceptors (Lipinski definition) is 4. The van der Waals surface area contributed by atoms with Gasteiger partial charge in [-0.3, -0.25) is 10.1 Å². The smallest absolute Gasteiger partial charge is 0.413 e. The summed E-state index contributed by atoms with van der Waals surface area (Å²) < 4.78 is 4.65. The van der Waals surface area contributed by atoms with Crippen molar-refractivity contribution in [1.29, 1.82) is 0 Å². The number of aryl methyl sites for hydroxylation is 3. The normalized spacial score (nSPS) is 10.1. The van der Waals surface area contributed by atoms with Crippen molar-refractivity contribution in [2.75, 3.05) is 12.4 Å². The molecule has 0 atom stereocenters. The number of carbonyl (C=O) groups excluding carboxylic acids is 2. The van der Waals surface area contributed by atoms with Crippen LogP contribution in [0.3, 0.4) is 0 Å². The summed E-state index contributed by atoms with van der Waals surface area (Å²) in [5, 5.41) is 2.18. The van der Waals surface area contributed by atoms with Crippen LogP contribution in [0.4, 0.5) is 4.79 Å². The van der Waals surface area contributed by atoms with Gasteiger partial charge in [-0.2, -0.15) is 0 Å². The van der Waals surface area contributed by atoms with Gasteiger partial charge in [0.2, 0.25) is 5.91 Å². The SMILES string of the molecule is CCOC(=O)NC(=O)CSc1c(C)cc(C)cc1C. The van der Waals surface area contributed by atoms with Gasteiger partial charge in [0, 0.05) is 4.90 Å². The van der Waals surface area contributed by atoms with Crippen molar-refractivity contribution >= 4 is 23.8 Å². The Morgan fingerprint density at radius 1 is 1.21 bits per heavy atom. The molecule has 19 heavy (non-hydrogen) atoms. The lowest BCUT2D eigenvalue weighted by Crippen LogP contribution is -2.32. The Labute approximate surface area is 117 Å². The van der Waals surface area contributed by atoms with E-state index in [9.17, 15) is 9.59 Å². The molecule has 0 heterocycles. The number of ether oxygens (including phenoxy) is 1. The zero-order valence-electron chi connectivity index (χ0n) is 11.7. The lowest BCUT2D eigenvalue weighted by molar-refractivity contribution is -0.117. The van der Waals surface area contributed by atoms with Gasteiger partial charge in [-0.15, -0.1) is 11.8 Å². The Balaban J connectivity index is 2.58. The maximum Gasteiger partial charge on any atom is 0.413 e. The summed E-state index contributed by atoms with van der Waals surface area (Å²) in [4.78, 5) is 23.7. The monoisotopic (exact) mass is 281 g/mol. The van der Waals surface area contributed by atoms with Crippen molar-refractivity contribution in [2.45, 2.75) is 32.6 Å². The van der Waals surface area contributed by atoms with Gasteiger partial charge in [0.15, 0.2) is 0 Å². The molecule has 0 aliphatic carbocycles. The van der Waals surface area contributed by atoms with Gasteiger partial charge in [0.25, 0.3) is 0 Å². The largest absolute Gasteiger partial charge is 0.450 e. The minimum atomic E-state index is -0.689. The highest BCUT2D eigenvalue weighted by Gasteiger charge is 2.11. The highest BCUT2D eigenvalue weighted by molar-refractivity contribution is 8.00. The van der Waals surface area contributed by atoms with E-state index < -0.39 is 6.09 Å². The van der Waals surface area contributed by atoms with Crippen molar-refractivity contribution < 1.29 is 14.3 Å². The molecule has 4 nitrogen and oxygen atoms in total. The highest BCUT2D eigenvalue weighted by Crippen LogP contribution is 2.27. The third-order valence-corrected chi connectivity index (χ3v) is 3.81. The maximum absolute atomic E-state index is 11.6. The summed E-state index contributed by atoms with van der Waals surface area (Å²) in [5.74, 6) is -0.147. The standard InChI is InChI=1S/C14H19NO3S/c1-5-18-14(17)15-12(16)8-19-13-10(3)6-9(2)7-11(13)4/h6-7H,5,8H2,1-4H3,(H,15,16,17). The summed E-state index contributed by atoms with van der Waals surface area (Å²) in [6.45, 7) is 8.03. The van der Waals surface area contributed by atoms with Crippen LogP contribution in [-0.2, 0) is 9.53 Å². The topological polar surface area (TPSA) is 55.4 Å². The Kier molecular flexibility index (Phi) is 5.89. The fourth-order valence-electron chi connectivity index (χ4n) is 1.85. The summed E-state index contributed by atoms with van der Waals surface area (Å²) in [5.41, 5.74) is 3.49. The average Bonchev–Trinajstić information content (AvgIpc) is 2.27. The van der Waals surface area contributed by atoms with Crippen molar-refractivity contribution in [1.82, 2.24) is 5.32 Å². The number of amides is 2.